The van der Waals surface area contributed by atoms with E-state index in [2.05, 4.69) is 26.1 Å². The van der Waals surface area contributed by atoms with Crippen molar-refractivity contribution < 1.29 is 14.3 Å². The summed E-state index contributed by atoms with van der Waals surface area (Å²) < 4.78 is 5.00. The number of carbonyl (C=O) groups is 2. The van der Waals surface area contributed by atoms with Gasteiger partial charge in [-0.1, -0.05) is 97.8 Å². The second-order valence-electron chi connectivity index (χ2n) is 9.23. The largest absolute Gasteiger partial charge is 0.466 e. The van der Waals surface area contributed by atoms with E-state index in [1.807, 2.05) is 6.92 Å². The summed E-state index contributed by atoms with van der Waals surface area (Å²) in [6.45, 7) is 8.80. The molecular weight excluding hydrogens is 374 g/mol. The molecule has 4 heteroatoms. The molecule has 0 bridgehead atoms. The quantitative estimate of drug-likeness (QED) is 0.154. The first kappa shape index (κ1) is 28.9. The SMILES string of the molecule is CCCCCCCCCCCCCCCC(=O)NC(CCC(=O)OCC)CC(C)C. The molecule has 0 aromatic heterocycles. The third-order valence-electron chi connectivity index (χ3n) is 5.63. The van der Waals surface area contributed by atoms with Gasteiger partial charge >= 0.3 is 5.97 Å². The lowest BCUT2D eigenvalue weighted by Crippen LogP contribution is -2.36. The van der Waals surface area contributed by atoms with Crippen molar-refractivity contribution in [3.05, 3.63) is 0 Å². The standard InChI is InChI=1S/C26H51NO3/c1-5-7-8-9-10-11-12-13-14-15-16-17-18-19-25(28)27-24(22-23(3)4)20-21-26(29)30-6-2/h23-24H,5-22H2,1-4H3,(H,27,28). The summed E-state index contributed by atoms with van der Waals surface area (Å²) in [5.41, 5.74) is 0. The molecule has 0 aliphatic heterocycles. The number of hydrogen-bond donors (Lipinski definition) is 1. The van der Waals surface area contributed by atoms with Crippen LogP contribution in [0.5, 0.6) is 0 Å². The Hall–Kier alpha value is -1.06. The summed E-state index contributed by atoms with van der Waals surface area (Å²) >= 11 is 0. The summed E-state index contributed by atoms with van der Waals surface area (Å²) in [5.74, 6) is 0.457. The highest BCUT2D eigenvalue weighted by Crippen LogP contribution is 2.14. The van der Waals surface area contributed by atoms with Crippen molar-refractivity contribution in [2.24, 2.45) is 5.92 Å². The summed E-state index contributed by atoms with van der Waals surface area (Å²) in [5, 5.41) is 3.14. The molecule has 4 nitrogen and oxygen atoms in total. The van der Waals surface area contributed by atoms with Crippen LogP contribution in [0, 0.1) is 5.92 Å². The van der Waals surface area contributed by atoms with Crippen molar-refractivity contribution in [2.45, 2.75) is 143 Å². The normalized spacial score (nSPS) is 12.2. The molecule has 0 rings (SSSR count). The molecule has 0 aromatic carbocycles. The second-order valence-corrected chi connectivity index (χ2v) is 9.23. The molecule has 0 saturated heterocycles. The first-order chi connectivity index (χ1) is 14.5. The highest BCUT2D eigenvalue weighted by Gasteiger charge is 2.16. The van der Waals surface area contributed by atoms with Gasteiger partial charge in [0.05, 0.1) is 6.61 Å². The Morgan fingerprint density at radius 2 is 1.23 bits per heavy atom. The van der Waals surface area contributed by atoms with Crippen LogP contribution in [-0.2, 0) is 14.3 Å². The van der Waals surface area contributed by atoms with Crippen LogP contribution in [0.3, 0.4) is 0 Å². The van der Waals surface area contributed by atoms with Crippen LogP contribution in [-0.4, -0.2) is 24.5 Å². The molecule has 1 atom stereocenters. The highest BCUT2D eigenvalue weighted by molar-refractivity contribution is 5.76. The molecule has 0 fully saturated rings. The molecule has 0 aliphatic carbocycles. The summed E-state index contributed by atoms with van der Waals surface area (Å²) in [6, 6.07) is 0.0730. The number of esters is 1. The Bertz CT molecular complexity index is 409. The lowest BCUT2D eigenvalue weighted by atomic mass is 9.99. The molecule has 1 N–H and O–H groups in total. The third-order valence-corrected chi connectivity index (χ3v) is 5.63. The minimum Gasteiger partial charge on any atom is -0.466 e. The summed E-state index contributed by atoms with van der Waals surface area (Å²) in [4.78, 5) is 23.9. The fourth-order valence-corrected chi connectivity index (χ4v) is 3.95. The van der Waals surface area contributed by atoms with E-state index in [9.17, 15) is 9.59 Å². The Labute approximate surface area is 187 Å². The van der Waals surface area contributed by atoms with E-state index >= 15 is 0 Å². The fraction of sp³-hybridized carbons (Fsp3) is 0.923. The molecule has 30 heavy (non-hydrogen) atoms. The smallest absolute Gasteiger partial charge is 0.305 e. The average molecular weight is 426 g/mol. The maximum atomic E-state index is 12.3. The van der Waals surface area contributed by atoms with Crippen LogP contribution in [0.15, 0.2) is 0 Å². The summed E-state index contributed by atoms with van der Waals surface area (Å²) in [6.07, 6.45) is 19.6. The van der Waals surface area contributed by atoms with Crippen LogP contribution in [0.4, 0.5) is 0 Å². The van der Waals surface area contributed by atoms with E-state index in [0.717, 1.165) is 19.3 Å². The second kappa shape index (κ2) is 21.2. The van der Waals surface area contributed by atoms with E-state index in [0.29, 0.717) is 31.8 Å². The number of amides is 1. The molecule has 0 aliphatic rings. The molecule has 0 aromatic rings. The predicted octanol–water partition coefficient (Wildman–Crippen LogP) is 7.34. The van der Waals surface area contributed by atoms with Crippen LogP contribution >= 0.6 is 0 Å². The van der Waals surface area contributed by atoms with Crippen LogP contribution in [0.2, 0.25) is 0 Å². The molecule has 0 saturated carbocycles. The van der Waals surface area contributed by atoms with Gasteiger partial charge in [0.2, 0.25) is 5.91 Å². The highest BCUT2D eigenvalue weighted by atomic mass is 16.5. The molecule has 178 valence electrons. The molecule has 0 radical (unpaired) electrons. The Morgan fingerprint density at radius 1 is 0.733 bits per heavy atom. The topological polar surface area (TPSA) is 55.4 Å². The third kappa shape index (κ3) is 20.2. The number of unbranched alkanes of at least 4 members (excludes halogenated alkanes) is 12. The lowest BCUT2D eigenvalue weighted by Gasteiger charge is -2.20. The zero-order valence-electron chi connectivity index (χ0n) is 20.6. The van der Waals surface area contributed by atoms with Crippen molar-refractivity contribution in [3.8, 4) is 0 Å². The fourth-order valence-electron chi connectivity index (χ4n) is 3.95. The monoisotopic (exact) mass is 425 g/mol. The lowest BCUT2D eigenvalue weighted by molar-refractivity contribution is -0.143. The van der Waals surface area contributed by atoms with Gasteiger partial charge in [-0.15, -0.1) is 0 Å². The first-order valence-electron chi connectivity index (χ1n) is 12.9. The molecule has 1 amide bonds. The van der Waals surface area contributed by atoms with Crippen molar-refractivity contribution >= 4 is 11.9 Å². The first-order valence-corrected chi connectivity index (χ1v) is 12.9. The van der Waals surface area contributed by atoms with Crippen molar-refractivity contribution in [3.63, 3.8) is 0 Å². The van der Waals surface area contributed by atoms with E-state index in [1.165, 1.54) is 70.6 Å². The minimum atomic E-state index is -0.169. The van der Waals surface area contributed by atoms with Gasteiger partial charge in [-0.25, -0.2) is 0 Å². The number of nitrogens with one attached hydrogen (secondary N) is 1. The number of ether oxygens (including phenoxy) is 1. The Balaban J connectivity index is 3.69. The van der Waals surface area contributed by atoms with Crippen LogP contribution in [0.25, 0.3) is 0 Å². The van der Waals surface area contributed by atoms with Gasteiger partial charge < -0.3 is 10.1 Å². The van der Waals surface area contributed by atoms with Crippen LogP contribution < -0.4 is 5.32 Å². The van der Waals surface area contributed by atoms with E-state index < -0.39 is 0 Å². The van der Waals surface area contributed by atoms with Gasteiger partial charge in [0.15, 0.2) is 0 Å². The zero-order valence-corrected chi connectivity index (χ0v) is 20.6. The predicted molar refractivity (Wildman–Crippen MR) is 128 cm³/mol. The van der Waals surface area contributed by atoms with Crippen LogP contribution in [0.1, 0.15) is 137 Å². The maximum Gasteiger partial charge on any atom is 0.305 e. The van der Waals surface area contributed by atoms with Gasteiger partial charge in [-0.2, -0.15) is 0 Å². The minimum absolute atomic E-state index is 0.0730. The van der Waals surface area contributed by atoms with Crippen molar-refractivity contribution in [1.29, 1.82) is 0 Å². The van der Waals surface area contributed by atoms with E-state index in [-0.39, 0.29) is 17.9 Å². The Kier molecular flexibility index (Phi) is 20.4. The number of carbonyl (C=O) groups excluding carboxylic acids is 2. The van der Waals surface area contributed by atoms with Gasteiger partial charge in [-0.3, -0.25) is 9.59 Å². The molecule has 0 heterocycles. The van der Waals surface area contributed by atoms with Gasteiger partial charge in [-0.05, 0) is 32.1 Å². The summed E-state index contributed by atoms with van der Waals surface area (Å²) in [7, 11) is 0. The van der Waals surface area contributed by atoms with E-state index in [1.54, 1.807) is 0 Å². The average Bonchev–Trinajstić information content (AvgIpc) is 2.69. The van der Waals surface area contributed by atoms with E-state index in [4.69, 9.17) is 4.74 Å². The molecular formula is C26H51NO3. The Morgan fingerprint density at radius 3 is 1.70 bits per heavy atom. The molecule has 0 spiro atoms. The molecule has 1 unspecified atom stereocenters. The van der Waals surface area contributed by atoms with Gasteiger partial charge in [0.25, 0.3) is 0 Å². The van der Waals surface area contributed by atoms with Gasteiger partial charge in [0, 0.05) is 18.9 Å². The van der Waals surface area contributed by atoms with Gasteiger partial charge in [0.1, 0.15) is 0 Å². The van der Waals surface area contributed by atoms with Crippen molar-refractivity contribution in [1.82, 2.24) is 5.32 Å². The maximum absolute atomic E-state index is 12.3. The zero-order chi connectivity index (χ0) is 22.5. The van der Waals surface area contributed by atoms with Crippen molar-refractivity contribution in [2.75, 3.05) is 6.61 Å². The number of hydrogen-bond acceptors (Lipinski definition) is 3. The number of rotatable bonds is 21.